The van der Waals surface area contributed by atoms with Crippen molar-refractivity contribution in [3.05, 3.63) is 0 Å². The summed E-state index contributed by atoms with van der Waals surface area (Å²) in [5.74, 6) is 0.141. The molecule has 3 N–H and O–H groups in total. The van der Waals surface area contributed by atoms with Gasteiger partial charge in [-0.3, -0.25) is 0 Å². The third-order valence-corrected chi connectivity index (χ3v) is 3.46. The number of carbonyl (C=O) groups is 1. The number of hydrogen-bond acceptors (Lipinski definition) is 5. The van der Waals surface area contributed by atoms with Gasteiger partial charge in [-0.05, 0) is 19.1 Å². The molecule has 2 rings (SSSR count). The molecule has 0 atom stereocenters. The lowest BCUT2D eigenvalue weighted by Crippen LogP contribution is -2.39. The molecule has 0 saturated heterocycles. The molecule has 0 bridgehead atoms. The molecule has 0 aliphatic heterocycles. The van der Waals surface area contributed by atoms with Crippen LogP contribution >= 0.6 is 11.8 Å². The van der Waals surface area contributed by atoms with Crippen molar-refractivity contribution in [3.8, 4) is 0 Å². The summed E-state index contributed by atoms with van der Waals surface area (Å²) in [6.07, 6.45) is 7.53. The Kier molecular flexibility index (Phi) is 3.88. The molecule has 0 radical (unpaired) electrons. The van der Waals surface area contributed by atoms with E-state index in [2.05, 4.69) is 15.4 Å². The van der Waals surface area contributed by atoms with Crippen molar-refractivity contribution in [2.24, 2.45) is 0 Å². The molecule has 0 unspecified atom stereocenters. The fourth-order valence-electron chi connectivity index (χ4n) is 2.02. The van der Waals surface area contributed by atoms with E-state index in [9.17, 15) is 4.79 Å². The normalized spacial score (nSPS) is 17.0. The van der Waals surface area contributed by atoms with Crippen molar-refractivity contribution in [1.29, 1.82) is 0 Å². The molecule has 0 aromatic carbocycles. The van der Waals surface area contributed by atoms with Gasteiger partial charge >= 0.3 is 6.03 Å². The Labute approximate surface area is 104 Å². The van der Waals surface area contributed by atoms with Gasteiger partial charge in [-0.1, -0.05) is 31.0 Å². The van der Waals surface area contributed by atoms with Crippen molar-refractivity contribution >= 4 is 23.7 Å². The highest BCUT2D eigenvalue weighted by Crippen LogP contribution is 2.18. The average Bonchev–Trinajstić information content (AvgIpc) is 2.72. The van der Waals surface area contributed by atoms with Crippen LogP contribution < -0.4 is 11.1 Å². The minimum Gasteiger partial charge on any atom is -0.368 e. The summed E-state index contributed by atoms with van der Waals surface area (Å²) in [5, 5.41) is 7.49. The number of hydrogen-bond donors (Lipinski definition) is 2. The van der Waals surface area contributed by atoms with Gasteiger partial charge in [-0.2, -0.15) is 4.98 Å². The highest BCUT2D eigenvalue weighted by molar-refractivity contribution is 7.98. The fourth-order valence-corrected chi connectivity index (χ4v) is 2.37. The number of anilines is 1. The van der Waals surface area contributed by atoms with Crippen LogP contribution in [0.15, 0.2) is 5.16 Å². The Morgan fingerprint density at radius 2 is 2.18 bits per heavy atom. The molecule has 0 spiro atoms. The van der Waals surface area contributed by atoms with E-state index < -0.39 is 0 Å². The number of nitrogen functional groups attached to an aromatic ring is 1. The summed E-state index contributed by atoms with van der Waals surface area (Å²) in [7, 11) is 0. The Morgan fingerprint density at radius 1 is 1.47 bits per heavy atom. The Balaban J connectivity index is 2.00. The van der Waals surface area contributed by atoms with Crippen molar-refractivity contribution in [1.82, 2.24) is 20.1 Å². The first kappa shape index (κ1) is 12.2. The first-order chi connectivity index (χ1) is 8.20. The quantitative estimate of drug-likeness (QED) is 0.782. The zero-order chi connectivity index (χ0) is 12.3. The highest BCUT2D eigenvalue weighted by Gasteiger charge is 2.19. The Hall–Kier alpha value is -1.24. The van der Waals surface area contributed by atoms with Gasteiger partial charge in [0.05, 0.1) is 0 Å². The second kappa shape index (κ2) is 5.39. The van der Waals surface area contributed by atoms with Gasteiger partial charge in [0.15, 0.2) is 0 Å². The number of nitrogens with zero attached hydrogens (tertiary/aromatic N) is 3. The van der Waals surface area contributed by atoms with Gasteiger partial charge < -0.3 is 11.1 Å². The number of nitrogens with two attached hydrogens (primary N) is 1. The van der Waals surface area contributed by atoms with Crippen LogP contribution in [0.3, 0.4) is 0 Å². The number of amides is 1. The first-order valence-corrected chi connectivity index (χ1v) is 7.00. The SMILES string of the molecule is CSc1nc(N)n(C(=O)NC2CCCCC2)n1. The maximum absolute atomic E-state index is 11.9. The fraction of sp³-hybridized carbons (Fsp3) is 0.700. The molecule has 1 fully saturated rings. The molecule has 1 saturated carbocycles. The molecule has 17 heavy (non-hydrogen) atoms. The lowest BCUT2D eigenvalue weighted by molar-refractivity contribution is 0.231. The predicted molar refractivity (Wildman–Crippen MR) is 67.0 cm³/mol. The third kappa shape index (κ3) is 2.91. The standard InChI is InChI=1S/C10H17N5OS/c1-17-9-13-8(11)15(14-9)10(16)12-7-5-3-2-4-6-7/h7H,2-6H2,1H3,(H,12,16)(H2,11,13,14). The van der Waals surface area contributed by atoms with Gasteiger partial charge in [0, 0.05) is 6.04 Å². The second-order valence-corrected chi connectivity index (χ2v) is 4.93. The lowest BCUT2D eigenvalue weighted by Gasteiger charge is -2.22. The van der Waals surface area contributed by atoms with Crippen LogP contribution in [-0.4, -0.2) is 33.1 Å². The molecule has 1 aliphatic carbocycles. The van der Waals surface area contributed by atoms with Crippen LogP contribution in [0.25, 0.3) is 0 Å². The zero-order valence-corrected chi connectivity index (χ0v) is 10.7. The number of aromatic nitrogens is 3. The number of nitrogens with one attached hydrogen (secondary N) is 1. The molecule has 1 aromatic heterocycles. The van der Waals surface area contributed by atoms with E-state index in [1.54, 1.807) is 0 Å². The van der Waals surface area contributed by atoms with Gasteiger partial charge in [0.25, 0.3) is 0 Å². The molecular formula is C10H17N5OS. The van der Waals surface area contributed by atoms with Crippen LogP contribution in [0.4, 0.5) is 10.7 Å². The Bertz CT molecular complexity index is 399. The molecular weight excluding hydrogens is 238 g/mol. The van der Waals surface area contributed by atoms with E-state index in [-0.39, 0.29) is 18.0 Å². The molecule has 1 aliphatic rings. The van der Waals surface area contributed by atoms with Gasteiger partial charge in [0.1, 0.15) is 0 Å². The minimum atomic E-state index is -0.276. The van der Waals surface area contributed by atoms with E-state index in [0.29, 0.717) is 5.16 Å². The Morgan fingerprint density at radius 3 is 2.76 bits per heavy atom. The van der Waals surface area contributed by atoms with E-state index >= 15 is 0 Å². The van der Waals surface area contributed by atoms with Gasteiger partial charge in [-0.25, -0.2) is 4.79 Å². The second-order valence-electron chi connectivity index (χ2n) is 4.15. The monoisotopic (exact) mass is 255 g/mol. The largest absolute Gasteiger partial charge is 0.368 e. The van der Waals surface area contributed by atoms with Crippen LogP contribution in [0.2, 0.25) is 0 Å². The van der Waals surface area contributed by atoms with E-state index in [0.717, 1.165) is 17.5 Å². The smallest absolute Gasteiger partial charge is 0.345 e. The van der Waals surface area contributed by atoms with Crippen molar-refractivity contribution in [2.45, 2.75) is 43.3 Å². The average molecular weight is 255 g/mol. The van der Waals surface area contributed by atoms with Crippen LogP contribution in [-0.2, 0) is 0 Å². The predicted octanol–water partition coefficient (Wildman–Crippen LogP) is 1.47. The van der Waals surface area contributed by atoms with Crippen LogP contribution in [0.1, 0.15) is 32.1 Å². The molecule has 1 aromatic rings. The summed E-state index contributed by atoms with van der Waals surface area (Å²) < 4.78 is 1.14. The highest BCUT2D eigenvalue weighted by atomic mass is 32.2. The summed E-state index contributed by atoms with van der Waals surface area (Å²) in [5.41, 5.74) is 5.64. The maximum atomic E-state index is 11.9. The molecule has 7 heteroatoms. The lowest BCUT2D eigenvalue weighted by atomic mass is 9.96. The van der Waals surface area contributed by atoms with Gasteiger partial charge in [0.2, 0.25) is 11.1 Å². The summed E-state index contributed by atoms with van der Waals surface area (Å²) in [6.45, 7) is 0. The van der Waals surface area contributed by atoms with Crippen molar-refractivity contribution in [3.63, 3.8) is 0 Å². The van der Waals surface area contributed by atoms with E-state index in [1.807, 2.05) is 6.26 Å². The van der Waals surface area contributed by atoms with Crippen molar-refractivity contribution < 1.29 is 4.79 Å². The first-order valence-electron chi connectivity index (χ1n) is 5.78. The summed E-state index contributed by atoms with van der Waals surface area (Å²) >= 11 is 1.36. The number of thioether (sulfide) groups is 1. The third-order valence-electron chi connectivity index (χ3n) is 2.92. The molecule has 94 valence electrons. The molecule has 6 nitrogen and oxygen atoms in total. The van der Waals surface area contributed by atoms with E-state index in [1.165, 1.54) is 31.0 Å². The topological polar surface area (TPSA) is 85.8 Å². The maximum Gasteiger partial charge on any atom is 0.345 e. The molecule has 1 amide bonds. The van der Waals surface area contributed by atoms with E-state index in [4.69, 9.17) is 5.73 Å². The van der Waals surface area contributed by atoms with Crippen molar-refractivity contribution in [2.75, 3.05) is 12.0 Å². The zero-order valence-electron chi connectivity index (χ0n) is 9.85. The summed E-state index contributed by atoms with van der Waals surface area (Å²) in [4.78, 5) is 15.9. The molecule has 1 heterocycles. The summed E-state index contributed by atoms with van der Waals surface area (Å²) in [6, 6.07) is -0.0280. The van der Waals surface area contributed by atoms with Gasteiger partial charge in [-0.15, -0.1) is 9.78 Å². The van der Waals surface area contributed by atoms with Crippen LogP contribution in [0.5, 0.6) is 0 Å². The number of rotatable bonds is 2. The number of carbonyl (C=O) groups excluding carboxylic acids is 1. The van der Waals surface area contributed by atoms with Crippen LogP contribution in [0, 0.1) is 0 Å². The minimum absolute atomic E-state index is 0.141.